The van der Waals surface area contributed by atoms with Gasteiger partial charge in [0.15, 0.2) is 0 Å². The third-order valence-corrected chi connectivity index (χ3v) is 5.31. The van der Waals surface area contributed by atoms with E-state index in [1.807, 2.05) is 35.2 Å². The molecule has 118 valence electrons. The second-order valence-electron chi connectivity index (χ2n) is 6.62. The summed E-state index contributed by atoms with van der Waals surface area (Å²) in [6, 6.07) is 10.0. The van der Waals surface area contributed by atoms with Gasteiger partial charge < -0.3 is 10.1 Å². The van der Waals surface area contributed by atoms with Crippen LogP contribution in [0, 0.1) is 5.41 Å². The van der Waals surface area contributed by atoms with Gasteiger partial charge in [0.25, 0.3) is 0 Å². The fraction of sp³-hybridized carbons (Fsp3) is 0.562. The van der Waals surface area contributed by atoms with E-state index in [1.165, 1.54) is 0 Å². The number of nitrogens with zero attached hydrogens (tertiary/aromatic N) is 2. The highest BCUT2D eigenvalue weighted by Crippen LogP contribution is 2.59. The van der Waals surface area contributed by atoms with Crippen LogP contribution in [0.3, 0.4) is 0 Å². The summed E-state index contributed by atoms with van der Waals surface area (Å²) in [5, 5.41) is 10.6. The molecule has 0 aromatic heterocycles. The minimum absolute atomic E-state index is 0.0570. The lowest BCUT2D eigenvalue weighted by molar-refractivity contribution is -0.153. The third kappa shape index (κ3) is 2.18. The first kappa shape index (κ1) is 14.0. The van der Waals surface area contributed by atoms with Crippen LogP contribution in [0.5, 0.6) is 0 Å². The Kier molecular flexibility index (Phi) is 3.32. The molecule has 2 bridgehead atoms. The van der Waals surface area contributed by atoms with E-state index in [-0.39, 0.29) is 23.5 Å². The van der Waals surface area contributed by atoms with Crippen molar-refractivity contribution in [2.24, 2.45) is 5.41 Å². The molecule has 1 aromatic rings. The predicted molar refractivity (Wildman–Crippen MR) is 78.8 cm³/mol. The van der Waals surface area contributed by atoms with E-state index >= 15 is 0 Å². The lowest BCUT2D eigenvalue weighted by Crippen LogP contribution is -2.49. The summed E-state index contributed by atoms with van der Waals surface area (Å²) in [5.74, 6) is 0. The summed E-state index contributed by atoms with van der Waals surface area (Å²) in [6.45, 7) is 1.54. The molecule has 2 atom stereocenters. The third-order valence-electron chi connectivity index (χ3n) is 5.31. The molecule has 1 unspecified atom stereocenters. The maximum absolute atomic E-state index is 12.6. The van der Waals surface area contributed by atoms with Crippen molar-refractivity contribution in [3.8, 4) is 0 Å². The van der Waals surface area contributed by atoms with Gasteiger partial charge in [-0.05, 0) is 30.2 Å². The molecule has 22 heavy (non-hydrogen) atoms. The number of hydroxylamine groups is 3. The molecule has 1 aliphatic carbocycles. The number of hydrogen-bond donors (Lipinski definition) is 2. The van der Waals surface area contributed by atoms with Gasteiger partial charge in [-0.2, -0.15) is 5.06 Å². The van der Waals surface area contributed by atoms with Crippen LogP contribution >= 0.6 is 0 Å². The van der Waals surface area contributed by atoms with E-state index in [2.05, 4.69) is 5.48 Å². The standard InChI is InChI=1S/C16H21N3O3/c20-15-18-10-14(16(6-7-16)8-13(18)9-17-21)19(15)22-11-12-4-2-1-3-5-12/h1-5,13-14,17,21H,6-11H2/t13?,14-/m1/s1. The highest BCUT2D eigenvalue weighted by atomic mass is 16.7. The molecule has 3 aliphatic rings. The van der Waals surface area contributed by atoms with E-state index in [4.69, 9.17) is 10.0 Å². The second-order valence-corrected chi connectivity index (χ2v) is 6.62. The average molecular weight is 303 g/mol. The number of fused-ring (bicyclic) bond motifs is 3. The molecule has 1 aromatic carbocycles. The number of urea groups is 1. The quantitative estimate of drug-likeness (QED) is 0.814. The molecule has 2 amide bonds. The number of amides is 2. The molecule has 2 saturated heterocycles. The fourth-order valence-corrected chi connectivity index (χ4v) is 3.91. The maximum atomic E-state index is 12.6. The van der Waals surface area contributed by atoms with Crippen molar-refractivity contribution < 1.29 is 14.8 Å². The Morgan fingerprint density at radius 2 is 2.09 bits per heavy atom. The van der Waals surface area contributed by atoms with Gasteiger partial charge in [-0.15, -0.1) is 0 Å². The van der Waals surface area contributed by atoms with Crippen LogP contribution in [0.4, 0.5) is 4.79 Å². The number of rotatable bonds is 5. The van der Waals surface area contributed by atoms with E-state index in [0.29, 0.717) is 19.7 Å². The smallest absolute Gasteiger partial charge is 0.317 e. The Balaban J connectivity index is 1.50. The Labute approximate surface area is 129 Å². The number of carbonyl (C=O) groups excluding carboxylic acids is 1. The SMILES string of the molecule is O=C1N2C[C@@H](N1OCc1ccccc1)C1(CC1)CC2CNO. The monoisotopic (exact) mass is 303 g/mol. The lowest BCUT2D eigenvalue weighted by atomic mass is 9.85. The first-order valence-corrected chi connectivity index (χ1v) is 7.87. The van der Waals surface area contributed by atoms with Gasteiger partial charge in [0.2, 0.25) is 0 Å². The molecule has 2 heterocycles. The van der Waals surface area contributed by atoms with E-state index < -0.39 is 0 Å². The first-order valence-electron chi connectivity index (χ1n) is 7.87. The number of benzene rings is 1. The molecule has 2 aliphatic heterocycles. The summed E-state index contributed by atoms with van der Waals surface area (Å²) in [4.78, 5) is 20.3. The zero-order chi connectivity index (χ0) is 15.2. The van der Waals surface area contributed by atoms with Gasteiger partial charge in [0, 0.05) is 19.1 Å². The zero-order valence-electron chi connectivity index (χ0n) is 12.4. The molecule has 1 saturated carbocycles. The van der Waals surface area contributed by atoms with Gasteiger partial charge >= 0.3 is 6.03 Å². The Morgan fingerprint density at radius 1 is 1.32 bits per heavy atom. The molecule has 6 nitrogen and oxygen atoms in total. The van der Waals surface area contributed by atoms with Gasteiger partial charge in [0.1, 0.15) is 6.61 Å². The molecule has 3 fully saturated rings. The summed E-state index contributed by atoms with van der Waals surface area (Å²) in [7, 11) is 0. The van der Waals surface area contributed by atoms with Crippen LogP contribution in [0.15, 0.2) is 30.3 Å². The summed E-state index contributed by atoms with van der Waals surface area (Å²) in [6.07, 6.45) is 3.24. The van der Waals surface area contributed by atoms with Crippen molar-refractivity contribution in [2.75, 3.05) is 13.1 Å². The first-order chi connectivity index (χ1) is 10.7. The molecule has 2 N–H and O–H groups in total. The average Bonchev–Trinajstić information content (AvgIpc) is 3.24. The molecule has 0 radical (unpaired) electrons. The van der Waals surface area contributed by atoms with E-state index in [9.17, 15) is 4.79 Å². The van der Waals surface area contributed by atoms with Crippen LogP contribution < -0.4 is 5.48 Å². The Bertz CT molecular complexity index is 561. The van der Waals surface area contributed by atoms with Crippen molar-refractivity contribution >= 4 is 6.03 Å². The van der Waals surface area contributed by atoms with Gasteiger partial charge in [-0.1, -0.05) is 30.3 Å². The van der Waals surface area contributed by atoms with Crippen LogP contribution in [-0.2, 0) is 11.4 Å². The molecular weight excluding hydrogens is 282 g/mol. The van der Waals surface area contributed by atoms with Crippen molar-refractivity contribution in [1.29, 1.82) is 0 Å². The van der Waals surface area contributed by atoms with Crippen LogP contribution in [0.2, 0.25) is 0 Å². The maximum Gasteiger partial charge on any atom is 0.344 e. The fourth-order valence-electron chi connectivity index (χ4n) is 3.91. The van der Waals surface area contributed by atoms with Crippen molar-refractivity contribution in [1.82, 2.24) is 15.4 Å². The summed E-state index contributed by atoms with van der Waals surface area (Å²) in [5.41, 5.74) is 3.48. The summed E-state index contributed by atoms with van der Waals surface area (Å²) < 4.78 is 0. The van der Waals surface area contributed by atoms with E-state index in [1.54, 1.807) is 5.06 Å². The Morgan fingerprint density at radius 3 is 2.77 bits per heavy atom. The van der Waals surface area contributed by atoms with Crippen molar-refractivity contribution in [3.05, 3.63) is 35.9 Å². The van der Waals surface area contributed by atoms with Gasteiger partial charge in [-0.25, -0.2) is 10.3 Å². The number of hydrogen-bond acceptors (Lipinski definition) is 4. The topological polar surface area (TPSA) is 65.0 Å². The number of nitrogens with one attached hydrogen (secondary N) is 1. The predicted octanol–water partition coefficient (Wildman–Crippen LogP) is 1.76. The van der Waals surface area contributed by atoms with E-state index in [0.717, 1.165) is 24.8 Å². The summed E-state index contributed by atoms with van der Waals surface area (Å²) >= 11 is 0. The molecule has 6 heteroatoms. The van der Waals surface area contributed by atoms with Crippen molar-refractivity contribution in [3.63, 3.8) is 0 Å². The van der Waals surface area contributed by atoms with Gasteiger partial charge in [-0.3, -0.25) is 4.84 Å². The second kappa shape index (κ2) is 5.22. The molecule has 4 rings (SSSR count). The van der Waals surface area contributed by atoms with Crippen molar-refractivity contribution in [2.45, 2.75) is 38.0 Å². The molecular formula is C16H21N3O3. The number of carbonyl (C=O) groups is 1. The highest BCUT2D eigenvalue weighted by Gasteiger charge is 2.62. The highest BCUT2D eigenvalue weighted by molar-refractivity contribution is 5.77. The van der Waals surface area contributed by atoms with Crippen LogP contribution in [0.1, 0.15) is 24.8 Å². The minimum Gasteiger partial charge on any atom is -0.317 e. The largest absolute Gasteiger partial charge is 0.344 e. The van der Waals surface area contributed by atoms with Crippen LogP contribution in [0.25, 0.3) is 0 Å². The van der Waals surface area contributed by atoms with Gasteiger partial charge in [0.05, 0.1) is 6.04 Å². The normalized spacial score (nSPS) is 28.5. The van der Waals surface area contributed by atoms with Crippen LogP contribution in [-0.4, -0.2) is 46.4 Å². The molecule has 1 spiro atoms. The zero-order valence-corrected chi connectivity index (χ0v) is 12.4. The lowest BCUT2D eigenvalue weighted by Gasteiger charge is -2.36. The number of piperidine rings is 1. The minimum atomic E-state index is -0.0649. The Hall–Kier alpha value is -1.63.